The summed E-state index contributed by atoms with van der Waals surface area (Å²) in [6.07, 6.45) is 1.71. The fraction of sp³-hybridized carbons (Fsp3) is 0.409. The fourth-order valence-corrected chi connectivity index (χ4v) is 4.36. The molecule has 3 rings (SSSR count). The minimum atomic E-state index is -4.14. The van der Waals surface area contributed by atoms with Gasteiger partial charge in [0.15, 0.2) is 0 Å². The van der Waals surface area contributed by atoms with Crippen LogP contribution in [0.1, 0.15) is 68.8 Å². The average molecular weight is 445 g/mol. The Balaban J connectivity index is 1.92. The zero-order valence-electron chi connectivity index (χ0n) is 18.6. The van der Waals surface area contributed by atoms with Gasteiger partial charge in [-0.1, -0.05) is 57.5 Å². The van der Waals surface area contributed by atoms with Gasteiger partial charge < -0.3 is 9.84 Å². The molecule has 31 heavy (non-hydrogen) atoms. The van der Waals surface area contributed by atoms with Crippen LogP contribution in [0.3, 0.4) is 0 Å². The van der Waals surface area contributed by atoms with Crippen molar-refractivity contribution in [3.8, 4) is 0 Å². The zero-order chi connectivity index (χ0) is 22.9. The molecule has 0 bridgehead atoms. The molecule has 0 aliphatic heterocycles. The van der Waals surface area contributed by atoms with E-state index in [1.165, 1.54) is 6.07 Å². The topological polar surface area (TPSA) is 114 Å². The van der Waals surface area contributed by atoms with Crippen molar-refractivity contribution in [2.24, 2.45) is 0 Å². The molecule has 0 aliphatic rings. The molecule has 2 aromatic heterocycles. The molecule has 0 radical (unpaired) electrons. The third-order valence-corrected chi connectivity index (χ3v) is 6.38. The van der Waals surface area contributed by atoms with Crippen molar-refractivity contribution in [1.29, 1.82) is 0 Å². The number of urea groups is 1. The molecular formula is C22H28N4O4S. The minimum Gasteiger partial charge on any atom is -0.336 e. The van der Waals surface area contributed by atoms with Crippen LogP contribution in [0.25, 0.3) is 11.1 Å². The van der Waals surface area contributed by atoms with Gasteiger partial charge in [0.1, 0.15) is 4.90 Å². The maximum atomic E-state index is 12.8. The van der Waals surface area contributed by atoms with E-state index in [0.29, 0.717) is 23.2 Å². The van der Waals surface area contributed by atoms with Gasteiger partial charge >= 0.3 is 6.03 Å². The van der Waals surface area contributed by atoms with Crippen LogP contribution < -0.4 is 10.0 Å². The number of rotatable bonds is 6. The van der Waals surface area contributed by atoms with Crippen molar-refractivity contribution >= 4 is 32.8 Å². The molecule has 9 heteroatoms. The summed E-state index contributed by atoms with van der Waals surface area (Å²) in [7, 11) is -4.14. The van der Waals surface area contributed by atoms with Crippen LogP contribution in [0.4, 0.5) is 10.5 Å². The van der Waals surface area contributed by atoms with Gasteiger partial charge in [0.05, 0.1) is 17.3 Å². The highest BCUT2D eigenvalue weighted by atomic mass is 32.2. The molecule has 8 nitrogen and oxygen atoms in total. The van der Waals surface area contributed by atoms with Gasteiger partial charge in [-0.2, -0.15) is 0 Å². The van der Waals surface area contributed by atoms with Crippen molar-refractivity contribution in [2.75, 3.05) is 5.32 Å². The standard InChI is InChI=1S/C22H28N4O4S/c1-7-19-18-10-15(11-23-21(18)30-25-19)31(28,29)26-22(27)24-20-16(12(2)3)8-14(6)9-17(20)13(4)5/h8-13H,7H2,1-6H3,(H2,24,26,27). The number of nitrogens with one attached hydrogen (secondary N) is 2. The Labute approximate surface area is 182 Å². The second kappa shape index (κ2) is 8.66. The predicted octanol–water partition coefficient (Wildman–Crippen LogP) is 4.85. The summed E-state index contributed by atoms with van der Waals surface area (Å²) >= 11 is 0. The summed E-state index contributed by atoms with van der Waals surface area (Å²) in [6, 6.07) is 4.61. The quantitative estimate of drug-likeness (QED) is 0.562. The summed E-state index contributed by atoms with van der Waals surface area (Å²) in [4.78, 5) is 16.6. The second-order valence-corrected chi connectivity index (χ2v) is 9.88. The molecule has 2 amide bonds. The summed E-state index contributed by atoms with van der Waals surface area (Å²) in [5, 5.41) is 7.16. The molecule has 166 valence electrons. The van der Waals surface area contributed by atoms with Crippen molar-refractivity contribution in [3.63, 3.8) is 0 Å². The number of aromatic nitrogens is 2. The lowest BCUT2D eigenvalue weighted by Crippen LogP contribution is -2.35. The number of carbonyl (C=O) groups excluding carboxylic acids is 1. The molecule has 1 aromatic carbocycles. The molecule has 0 aliphatic carbocycles. The van der Waals surface area contributed by atoms with E-state index in [0.717, 1.165) is 22.9 Å². The number of amides is 2. The fourth-order valence-electron chi connectivity index (χ4n) is 3.48. The summed E-state index contributed by atoms with van der Waals surface area (Å²) in [6.45, 7) is 12.0. The van der Waals surface area contributed by atoms with Gasteiger partial charge in [0.25, 0.3) is 15.7 Å². The van der Waals surface area contributed by atoms with Crippen molar-refractivity contribution < 1.29 is 17.7 Å². The van der Waals surface area contributed by atoms with Crippen LogP contribution >= 0.6 is 0 Å². The van der Waals surface area contributed by atoms with E-state index in [1.54, 1.807) is 0 Å². The van der Waals surface area contributed by atoms with E-state index in [1.807, 2.05) is 53.7 Å². The predicted molar refractivity (Wildman–Crippen MR) is 120 cm³/mol. The first-order valence-electron chi connectivity index (χ1n) is 10.3. The van der Waals surface area contributed by atoms with Crippen molar-refractivity contribution in [2.45, 2.75) is 64.7 Å². The number of anilines is 1. The van der Waals surface area contributed by atoms with E-state index in [9.17, 15) is 13.2 Å². The molecule has 0 saturated heterocycles. The largest absolute Gasteiger partial charge is 0.336 e. The lowest BCUT2D eigenvalue weighted by atomic mass is 9.90. The van der Waals surface area contributed by atoms with Crippen LogP contribution in [0.2, 0.25) is 0 Å². The van der Waals surface area contributed by atoms with Gasteiger partial charge in [-0.25, -0.2) is 22.9 Å². The number of benzene rings is 1. The van der Waals surface area contributed by atoms with E-state index < -0.39 is 16.1 Å². The highest BCUT2D eigenvalue weighted by molar-refractivity contribution is 7.90. The monoisotopic (exact) mass is 444 g/mol. The van der Waals surface area contributed by atoms with Crippen LogP contribution in [0, 0.1) is 6.92 Å². The smallest absolute Gasteiger partial charge is 0.333 e. The second-order valence-electron chi connectivity index (χ2n) is 8.19. The number of pyridine rings is 1. The average Bonchev–Trinajstić information content (AvgIpc) is 3.10. The van der Waals surface area contributed by atoms with Gasteiger partial charge in [-0.05, 0) is 42.4 Å². The first-order chi connectivity index (χ1) is 14.5. The zero-order valence-corrected chi connectivity index (χ0v) is 19.4. The number of nitrogens with zero attached hydrogens (tertiary/aromatic N) is 2. The van der Waals surface area contributed by atoms with Crippen LogP contribution in [0.5, 0.6) is 0 Å². The SMILES string of the molecule is CCc1noc2ncc(S(=O)(=O)NC(=O)Nc3c(C(C)C)cc(C)cc3C(C)C)cc12. The van der Waals surface area contributed by atoms with Crippen LogP contribution in [-0.4, -0.2) is 24.6 Å². The Bertz CT molecular complexity index is 1200. The van der Waals surface area contributed by atoms with Gasteiger partial charge in [0, 0.05) is 5.69 Å². The Morgan fingerprint density at radius 3 is 2.26 bits per heavy atom. The normalized spacial score (nSPS) is 12.0. The Hall–Kier alpha value is -2.94. The molecule has 2 heterocycles. The van der Waals surface area contributed by atoms with Crippen LogP contribution in [-0.2, 0) is 16.4 Å². The first-order valence-corrected chi connectivity index (χ1v) is 11.7. The first kappa shape index (κ1) is 22.7. The number of hydrogen-bond donors (Lipinski definition) is 2. The Morgan fingerprint density at radius 1 is 1.10 bits per heavy atom. The maximum Gasteiger partial charge on any atom is 0.333 e. The van der Waals surface area contributed by atoms with Crippen molar-refractivity contribution in [1.82, 2.24) is 14.9 Å². The molecule has 0 atom stereocenters. The number of hydrogen-bond acceptors (Lipinski definition) is 6. The molecule has 0 saturated carbocycles. The molecule has 2 N–H and O–H groups in total. The molecule has 3 aromatic rings. The molecule has 0 unspecified atom stereocenters. The maximum absolute atomic E-state index is 12.8. The lowest BCUT2D eigenvalue weighted by molar-refractivity contribution is 0.256. The Morgan fingerprint density at radius 2 is 1.71 bits per heavy atom. The number of carbonyl (C=O) groups is 1. The number of aryl methyl sites for hydroxylation is 2. The summed E-state index contributed by atoms with van der Waals surface area (Å²) in [5.74, 6) is 0.300. The third kappa shape index (κ3) is 4.71. The van der Waals surface area contributed by atoms with Gasteiger partial charge in [-0.3, -0.25) is 0 Å². The van der Waals surface area contributed by atoms with Crippen molar-refractivity contribution in [3.05, 3.63) is 46.8 Å². The summed E-state index contributed by atoms with van der Waals surface area (Å²) in [5.41, 5.74) is 4.50. The number of sulfonamides is 1. The van der Waals surface area contributed by atoms with E-state index in [2.05, 4.69) is 20.2 Å². The van der Waals surface area contributed by atoms with Gasteiger partial charge in [0.2, 0.25) is 0 Å². The van der Waals surface area contributed by atoms with Gasteiger partial charge in [-0.15, -0.1) is 0 Å². The highest BCUT2D eigenvalue weighted by Crippen LogP contribution is 2.34. The van der Waals surface area contributed by atoms with E-state index >= 15 is 0 Å². The number of fused-ring (bicyclic) bond motifs is 1. The van der Waals surface area contributed by atoms with E-state index in [-0.39, 0.29) is 22.4 Å². The minimum absolute atomic E-state index is 0.134. The van der Waals surface area contributed by atoms with Crippen LogP contribution in [0.15, 0.2) is 33.8 Å². The molecule has 0 spiro atoms. The molecular weight excluding hydrogens is 416 g/mol. The molecule has 0 fully saturated rings. The lowest BCUT2D eigenvalue weighted by Gasteiger charge is -2.21. The Kier molecular flexibility index (Phi) is 6.35. The third-order valence-electron chi connectivity index (χ3n) is 5.08. The highest BCUT2D eigenvalue weighted by Gasteiger charge is 2.23. The van der Waals surface area contributed by atoms with E-state index in [4.69, 9.17) is 4.52 Å². The summed E-state index contributed by atoms with van der Waals surface area (Å²) < 4.78 is 32.8.